The first-order chi connectivity index (χ1) is 10.2. The third kappa shape index (κ3) is 5.00. The van der Waals surface area contributed by atoms with Crippen molar-refractivity contribution in [2.75, 3.05) is 13.1 Å². The predicted molar refractivity (Wildman–Crippen MR) is 89.8 cm³/mol. The number of nitrogens with zero attached hydrogens (tertiary/aromatic N) is 2. The molecule has 0 aromatic carbocycles. The van der Waals surface area contributed by atoms with Crippen LogP contribution in [-0.2, 0) is 9.59 Å². The second kappa shape index (κ2) is 7.61. The van der Waals surface area contributed by atoms with Crippen LogP contribution in [0.1, 0.15) is 47.0 Å². The lowest BCUT2D eigenvalue weighted by Gasteiger charge is -2.34. The van der Waals surface area contributed by atoms with Crippen LogP contribution in [0.5, 0.6) is 0 Å². The summed E-state index contributed by atoms with van der Waals surface area (Å²) in [5.74, 6) is 1.21. The number of carbonyl (C=O) groups is 2. The maximum atomic E-state index is 11.4. The Bertz CT molecular complexity index is 442. The topological polar surface area (TPSA) is 40.6 Å². The van der Waals surface area contributed by atoms with Crippen molar-refractivity contribution in [2.45, 2.75) is 47.0 Å². The molecule has 124 valence electrons. The molecule has 0 saturated carbocycles. The fourth-order valence-corrected chi connectivity index (χ4v) is 2.99. The van der Waals surface area contributed by atoms with Gasteiger partial charge in [-0.3, -0.25) is 9.59 Å². The molecule has 2 amide bonds. The Morgan fingerprint density at radius 1 is 1.14 bits per heavy atom. The quantitative estimate of drug-likeness (QED) is 0.784. The third-order valence-electron chi connectivity index (χ3n) is 4.39. The Morgan fingerprint density at radius 2 is 1.73 bits per heavy atom. The van der Waals surface area contributed by atoms with E-state index in [2.05, 4.69) is 33.9 Å². The predicted octanol–water partition coefficient (Wildman–Crippen LogP) is 3.41. The molecule has 0 aromatic rings. The molecule has 0 N–H and O–H groups in total. The van der Waals surface area contributed by atoms with Crippen molar-refractivity contribution in [1.82, 2.24) is 9.80 Å². The molecule has 2 rings (SSSR count). The summed E-state index contributed by atoms with van der Waals surface area (Å²) in [6.45, 7) is 17.3. The van der Waals surface area contributed by atoms with E-state index in [1.807, 2.05) is 6.92 Å². The van der Waals surface area contributed by atoms with Gasteiger partial charge in [-0.2, -0.15) is 0 Å². The average molecular weight is 306 g/mol. The van der Waals surface area contributed by atoms with Gasteiger partial charge in [0.1, 0.15) is 0 Å². The van der Waals surface area contributed by atoms with E-state index in [-0.39, 0.29) is 23.1 Å². The summed E-state index contributed by atoms with van der Waals surface area (Å²) < 4.78 is 0. The van der Waals surface area contributed by atoms with E-state index < -0.39 is 0 Å². The minimum Gasteiger partial charge on any atom is -0.320 e. The zero-order chi connectivity index (χ0) is 16.9. The standard InChI is InChI=1S/2C9H15NO/c1-4-10-6-7(2)5-8(3)9(10)11;1-4-10-6-5-9(2,3)7-8(10)11/h4,7-8H,1,5-6H2,2-3H3;4H,1,5-7H2,2-3H3. The summed E-state index contributed by atoms with van der Waals surface area (Å²) in [5, 5.41) is 0. The minimum absolute atomic E-state index is 0.178. The lowest BCUT2D eigenvalue weighted by Crippen LogP contribution is -2.40. The molecular weight excluding hydrogens is 276 g/mol. The van der Waals surface area contributed by atoms with Gasteiger partial charge in [0.2, 0.25) is 11.8 Å². The van der Waals surface area contributed by atoms with Gasteiger partial charge in [0.05, 0.1) is 0 Å². The maximum absolute atomic E-state index is 11.4. The number of amides is 2. The van der Waals surface area contributed by atoms with E-state index in [0.717, 1.165) is 25.9 Å². The fourth-order valence-electron chi connectivity index (χ4n) is 2.99. The summed E-state index contributed by atoms with van der Waals surface area (Å²) in [4.78, 5) is 26.1. The highest BCUT2D eigenvalue weighted by Gasteiger charge is 2.30. The molecule has 4 heteroatoms. The van der Waals surface area contributed by atoms with Crippen molar-refractivity contribution in [3.8, 4) is 0 Å². The van der Waals surface area contributed by atoms with Crippen LogP contribution in [0.25, 0.3) is 0 Å². The highest BCUT2D eigenvalue weighted by atomic mass is 16.2. The first-order valence-corrected chi connectivity index (χ1v) is 8.05. The second-order valence-corrected chi connectivity index (χ2v) is 7.28. The number of hydrogen-bond acceptors (Lipinski definition) is 2. The van der Waals surface area contributed by atoms with E-state index in [4.69, 9.17) is 0 Å². The Labute approximate surface area is 134 Å². The normalized spacial score (nSPS) is 27.8. The summed E-state index contributed by atoms with van der Waals surface area (Å²) in [6, 6.07) is 0. The van der Waals surface area contributed by atoms with Crippen LogP contribution < -0.4 is 0 Å². The Hall–Kier alpha value is -1.58. The van der Waals surface area contributed by atoms with Gasteiger partial charge in [-0.05, 0) is 36.6 Å². The molecule has 0 radical (unpaired) electrons. The fraction of sp³-hybridized carbons (Fsp3) is 0.667. The van der Waals surface area contributed by atoms with E-state index in [1.165, 1.54) is 0 Å². The van der Waals surface area contributed by atoms with Crippen molar-refractivity contribution in [3.63, 3.8) is 0 Å². The van der Waals surface area contributed by atoms with E-state index in [9.17, 15) is 9.59 Å². The Kier molecular flexibility index (Phi) is 6.39. The largest absolute Gasteiger partial charge is 0.320 e. The van der Waals surface area contributed by atoms with Crippen LogP contribution in [-0.4, -0.2) is 34.7 Å². The van der Waals surface area contributed by atoms with Gasteiger partial charge in [-0.15, -0.1) is 0 Å². The number of rotatable bonds is 2. The molecule has 2 atom stereocenters. The molecule has 2 aliphatic heterocycles. The monoisotopic (exact) mass is 306 g/mol. The van der Waals surface area contributed by atoms with Gasteiger partial charge in [0, 0.05) is 25.4 Å². The first kappa shape index (κ1) is 18.5. The van der Waals surface area contributed by atoms with Crippen molar-refractivity contribution < 1.29 is 9.59 Å². The number of piperidine rings is 2. The number of likely N-dealkylation sites (tertiary alicyclic amines) is 2. The van der Waals surface area contributed by atoms with E-state index in [0.29, 0.717) is 12.3 Å². The molecule has 0 spiro atoms. The number of carbonyl (C=O) groups excluding carboxylic acids is 2. The van der Waals surface area contributed by atoms with Crippen LogP contribution in [0, 0.1) is 17.3 Å². The van der Waals surface area contributed by atoms with Gasteiger partial charge in [0.25, 0.3) is 0 Å². The number of hydrogen-bond donors (Lipinski definition) is 0. The van der Waals surface area contributed by atoms with Crippen LogP contribution in [0.3, 0.4) is 0 Å². The molecule has 0 aliphatic carbocycles. The molecule has 2 saturated heterocycles. The van der Waals surface area contributed by atoms with Crippen molar-refractivity contribution in [3.05, 3.63) is 25.6 Å². The van der Waals surface area contributed by atoms with Gasteiger partial charge in [0.15, 0.2) is 0 Å². The molecule has 2 unspecified atom stereocenters. The van der Waals surface area contributed by atoms with Gasteiger partial charge in [-0.25, -0.2) is 0 Å². The Balaban J connectivity index is 0.000000220. The maximum Gasteiger partial charge on any atom is 0.229 e. The van der Waals surface area contributed by atoms with E-state index >= 15 is 0 Å². The lowest BCUT2D eigenvalue weighted by atomic mass is 9.82. The second-order valence-electron chi connectivity index (χ2n) is 7.28. The zero-order valence-electron chi connectivity index (χ0n) is 14.5. The van der Waals surface area contributed by atoms with Crippen molar-refractivity contribution in [2.24, 2.45) is 17.3 Å². The molecule has 2 heterocycles. The smallest absolute Gasteiger partial charge is 0.229 e. The zero-order valence-corrected chi connectivity index (χ0v) is 14.5. The third-order valence-corrected chi connectivity index (χ3v) is 4.39. The SMILES string of the molecule is C=CN1CC(C)CC(C)C1=O.C=CN1CCC(C)(C)CC1=O. The van der Waals surface area contributed by atoms with E-state index in [1.54, 1.807) is 22.2 Å². The van der Waals surface area contributed by atoms with Crippen LogP contribution >= 0.6 is 0 Å². The van der Waals surface area contributed by atoms with Crippen molar-refractivity contribution >= 4 is 11.8 Å². The first-order valence-electron chi connectivity index (χ1n) is 8.05. The lowest BCUT2D eigenvalue weighted by molar-refractivity contribution is -0.136. The molecule has 2 fully saturated rings. The highest BCUT2D eigenvalue weighted by Crippen LogP contribution is 2.30. The van der Waals surface area contributed by atoms with Crippen LogP contribution in [0.2, 0.25) is 0 Å². The average Bonchev–Trinajstić information content (AvgIpc) is 2.42. The van der Waals surface area contributed by atoms with Crippen molar-refractivity contribution in [1.29, 1.82) is 0 Å². The summed E-state index contributed by atoms with van der Waals surface area (Å²) in [7, 11) is 0. The summed E-state index contributed by atoms with van der Waals surface area (Å²) >= 11 is 0. The molecule has 0 aromatic heterocycles. The highest BCUT2D eigenvalue weighted by molar-refractivity contribution is 5.80. The van der Waals surface area contributed by atoms with Gasteiger partial charge >= 0.3 is 0 Å². The molecule has 2 aliphatic rings. The molecule has 0 bridgehead atoms. The van der Waals surface area contributed by atoms with Crippen LogP contribution in [0.4, 0.5) is 0 Å². The molecular formula is C18H30N2O2. The van der Waals surface area contributed by atoms with Gasteiger partial charge < -0.3 is 9.80 Å². The molecule has 22 heavy (non-hydrogen) atoms. The summed E-state index contributed by atoms with van der Waals surface area (Å²) in [5.41, 5.74) is 0.191. The summed E-state index contributed by atoms with van der Waals surface area (Å²) in [6.07, 6.45) is 6.00. The van der Waals surface area contributed by atoms with Gasteiger partial charge in [-0.1, -0.05) is 40.9 Å². The molecule has 4 nitrogen and oxygen atoms in total. The van der Waals surface area contributed by atoms with Crippen LogP contribution in [0.15, 0.2) is 25.6 Å². The Morgan fingerprint density at radius 3 is 2.23 bits per heavy atom. The minimum atomic E-state index is 0.178.